The highest BCUT2D eigenvalue weighted by molar-refractivity contribution is 5.95. The largest absolute Gasteiger partial charge is 0.477 e. The standard InChI is InChI=1S/C13H12F2N2O3/c14-13(15)2-4-17(5-3-13)11-10-8(1-6-20-10)7-9(16-11)12(18)19/h1,6-7H,2-5H2,(H,18,19). The van der Waals surface area contributed by atoms with E-state index < -0.39 is 11.9 Å². The zero-order chi connectivity index (χ0) is 14.3. The first kappa shape index (κ1) is 12.8. The zero-order valence-corrected chi connectivity index (χ0v) is 10.5. The predicted octanol–water partition coefficient (Wildman–Crippen LogP) is 2.76. The molecule has 0 unspecified atom stereocenters. The molecule has 3 rings (SSSR count). The van der Waals surface area contributed by atoms with Gasteiger partial charge in [-0.3, -0.25) is 0 Å². The highest BCUT2D eigenvalue weighted by Gasteiger charge is 2.35. The van der Waals surface area contributed by atoms with Gasteiger partial charge in [0.05, 0.1) is 6.26 Å². The number of carboxylic acids is 1. The van der Waals surface area contributed by atoms with Crippen LogP contribution < -0.4 is 4.90 Å². The van der Waals surface area contributed by atoms with Crippen molar-refractivity contribution in [1.82, 2.24) is 4.98 Å². The van der Waals surface area contributed by atoms with Gasteiger partial charge in [0.1, 0.15) is 0 Å². The molecule has 2 aromatic rings. The number of halogens is 2. The molecule has 0 atom stereocenters. The van der Waals surface area contributed by atoms with Crippen LogP contribution >= 0.6 is 0 Å². The number of anilines is 1. The fraction of sp³-hybridized carbons (Fsp3) is 0.385. The van der Waals surface area contributed by atoms with Crippen molar-refractivity contribution >= 4 is 22.8 Å². The maximum Gasteiger partial charge on any atom is 0.354 e. The Bertz CT molecular complexity index is 659. The number of aromatic nitrogens is 1. The third-order valence-corrected chi connectivity index (χ3v) is 3.43. The Labute approximate surface area is 112 Å². The molecule has 3 heterocycles. The molecule has 20 heavy (non-hydrogen) atoms. The molecule has 0 aromatic carbocycles. The average molecular weight is 282 g/mol. The minimum Gasteiger partial charge on any atom is -0.477 e. The van der Waals surface area contributed by atoms with Crippen LogP contribution in [0.2, 0.25) is 0 Å². The van der Waals surface area contributed by atoms with Crippen LogP contribution in [0.5, 0.6) is 0 Å². The van der Waals surface area contributed by atoms with E-state index in [9.17, 15) is 13.6 Å². The van der Waals surface area contributed by atoms with Gasteiger partial charge >= 0.3 is 5.97 Å². The molecule has 0 spiro atoms. The van der Waals surface area contributed by atoms with Gasteiger partial charge in [-0.05, 0) is 12.1 Å². The van der Waals surface area contributed by atoms with Crippen LogP contribution in [-0.4, -0.2) is 35.1 Å². The summed E-state index contributed by atoms with van der Waals surface area (Å²) < 4.78 is 31.7. The molecule has 2 aromatic heterocycles. The predicted molar refractivity (Wildman–Crippen MR) is 67.4 cm³/mol. The van der Waals surface area contributed by atoms with Crippen LogP contribution in [-0.2, 0) is 0 Å². The van der Waals surface area contributed by atoms with E-state index in [0.717, 1.165) is 0 Å². The molecule has 1 fully saturated rings. The molecule has 1 aliphatic heterocycles. The van der Waals surface area contributed by atoms with Gasteiger partial charge in [-0.2, -0.15) is 0 Å². The minimum absolute atomic E-state index is 0.119. The molecule has 0 aliphatic carbocycles. The third kappa shape index (κ3) is 2.19. The number of fused-ring (bicyclic) bond motifs is 1. The van der Waals surface area contributed by atoms with E-state index in [0.29, 0.717) is 16.8 Å². The zero-order valence-electron chi connectivity index (χ0n) is 10.5. The van der Waals surface area contributed by atoms with E-state index in [2.05, 4.69) is 4.98 Å². The summed E-state index contributed by atoms with van der Waals surface area (Å²) >= 11 is 0. The van der Waals surface area contributed by atoms with Crippen LogP contribution in [0.15, 0.2) is 22.8 Å². The lowest BCUT2D eigenvalue weighted by molar-refractivity contribution is -0.0221. The molecule has 7 heteroatoms. The van der Waals surface area contributed by atoms with Crippen molar-refractivity contribution in [3.8, 4) is 0 Å². The number of aromatic carboxylic acids is 1. The summed E-state index contributed by atoms with van der Waals surface area (Å²) in [5, 5.41) is 9.66. The van der Waals surface area contributed by atoms with Gasteiger partial charge < -0.3 is 14.4 Å². The van der Waals surface area contributed by atoms with Gasteiger partial charge in [-0.15, -0.1) is 0 Å². The second-order valence-corrected chi connectivity index (χ2v) is 4.82. The van der Waals surface area contributed by atoms with Gasteiger partial charge in [0.2, 0.25) is 0 Å². The monoisotopic (exact) mass is 282 g/mol. The first-order valence-electron chi connectivity index (χ1n) is 6.21. The number of furan rings is 1. The lowest BCUT2D eigenvalue weighted by Crippen LogP contribution is -2.40. The highest BCUT2D eigenvalue weighted by Crippen LogP contribution is 2.33. The van der Waals surface area contributed by atoms with Crippen LogP contribution in [0.25, 0.3) is 11.0 Å². The number of carboxylic acid groups (broad SMARTS) is 1. The number of piperidine rings is 1. The number of hydrogen-bond acceptors (Lipinski definition) is 4. The number of hydrogen-bond donors (Lipinski definition) is 1. The van der Waals surface area contributed by atoms with E-state index in [1.54, 1.807) is 11.0 Å². The number of alkyl halides is 2. The van der Waals surface area contributed by atoms with Gasteiger partial charge in [0.25, 0.3) is 5.92 Å². The Balaban J connectivity index is 2.02. The fourth-order valence-corrected chi connectivity index (χ4v) is 2.33. The maximum atomic E-state index is 13.2. The van der Waals surface area contributed by atoms with Gasteiger partial charge in [-0.1, -0.05) is 0 Å². The van der Waals surface area contributed by atoms with Gasteiger partial charge in [-0.25, -0.2) is 18.6 Å². The van der Waals surface area contributed by atoms with Crippen molar-refractivity contribution in [3.63, 3.8) is 0 Å². The Morgan fingerprint density at radius 3 is 2.75 bits per heavy atom. The third-order valence-electron chi connectivity index (χ3n) is 3.43. The first-order chi connectivity index (χ1) is 9.46. The Kier molecular flexibility index (Phi) is 2.84. The highest BCUT2D eigenvalue weighted by atomic mass is 19.3. The molecule has 5 nitrogen and oxygen atoms in total. The molecular weight excluding hydrogens is 270 g/mol. The molecule has 1 aliphatic rings. The minimum atomic E-state index is -2.66. The number of pyridine rings is 1. The van der Waals surface area contributed by atoms with Crippen molar-refractivity contribution in [2.75, 3.05) is 18.0 Å². The summed E-state index contributed by atoms with van der Waals surface area (Å²) in [6.07, 6.45) is 0.891. The van der Waals surface area contributed by atoms with Crippen molar-refractivity contribution < 1.29 is 23.1 Å². The van der Waals surface area contributed by atoms with Crippen molar-refractivity contribution in [2.24, 2.45) is 0 Å². The average Bonchev–Trinajstić information content (AvgIpc) is 2.85. The number of rotatable bonds is 2. The van der Waals surface area contributed by atoms with E-state index in [1.807, 2.05) is 0 Å². The summed E-state index contributed by atoms with van der Waals surface area (Å²) in [7, 11) is 0. The number of carbonyl (C=O) groups is 1. The Morgan fingerprint density at radius 2 is 2.10 bits per heavy atom. The Morgan fingerprint density at radius 1 is 1.40 bits per heavy atom. The fourth-order valence-electron chi connectivity index (χ4n) is 2.33. The van der Waals surface area contributed by atoms with Crippen LogP contribution in [0.4, 0.5) is 14.6 Å². The van der Waals surface area contributed by atoms with E-state index in [4.69, 9.17) is 9.52 Å². The van der Waals surface area contributed by atoms with Crippen LogP contribution in [0.3, 0.4) is 0 Å². The van der Waals surface area contributed by atoms with Crippen molar-refractivity contribution in [2.45, 2.75) is 18.8 Å². The topological polar surface area (TPSA) is 66.6 Å². The van der Waals surface area contributed by atoms with Crippen molar-refractivity contribution in [3.05, 3.63) is 24.1 Å². The summed E-state index contributed by atoms with van der Waals surface area (Å²) in [5.74, 6) is -3.50. The molecule has 1 N–H and O–H groups in total. The van der Waals surface area contributed by atoms with Crippen LogP contribution in [0, 0.1) is 0 Å². The van der Waals surface area contributed by atoms with Gasteiger partial charge in [0, 0.05) is 31.3 Å². The summed E-state index contributed by atoms with van der Waals surface area (Å²) in [6, 6.07) is 3.04. The smallest absolute Gasteiger partial charge is 0.354 e. The van der Waals surface area contributed by atoms with E-state index in [-0.39, 0.29) is 31.6 Å². The van der Waals surface area contributed by atoms with Gasteiger partial charge in [0.15, 0.2) is 17.1 Å². The second kappa shape index (κ2) is 4.43. The normalized spacial score (nSPS) is 18.4. The first-order valence-corrected chi connectivity index (χ1v) is 6.21. The molecule has 0 radical (unpaired) electrons. The lowest BCUT2D eigenvalue weighted by atomic mass is 10.1. The molecule has 106 valence electrons. The molecule has 0 bridgehead atoms. The maximum absolute atomic E-state index is 13.2. The second-order valence-electron chi connectivity index (χ2n) is 4.82. The molecule has 0 amide bonds. The Hall–Kier alpha value is -2.18. The van der Waals surface area contributed by atoms with E-state index in [1.165, 1.54) is 12.3 Å². The molecule has 0 saturated carbocycles. The quantitative estimate of drug-likeness (QED) is 0.917. The van der Waals surface area contributed by atoms with Crippen LogP contribution in [0.1, 0.15) is 23.3 Å². The number of nitrogens with zero attached hydrogens (tertiary/aromatic N) is 2. The molecular formula is C13H12F2N2O3. The summed E-state index contributed by atoms with van der Waals surface area (Å²) in [6.45, 7) is 0.248. The molecule has 1 saturated heterocycles. The summed E-state index contributed by atoms with van der Waals surface area (Å²) in [4.78, 5) is 16.8. The summed E-state index contributed by atoms with van der Waals surface area (Å²) in [5.41, 5.74) is 0.312. The van der Waals surface area contributed by atoms with E-state index >= 15 is 0 Å². The SMILES string of the molecule is O=C(O)c1cc2ccoc2c(N2CCC(F)(F)CC2)n1. The lowest BCUT2D eigenvalue weighted by Gasteiger charge is -2.32. The van der Waals surface area contributed by atoms with Crippen molar-refractivity contribution in [1.29, 1.82) is 0 Å².